The maximum Gasteiger partial charge on any atom is 0.223 e. The molecule has 2 saturated heterocycles. The van der Waals surface area contributed by atoms with Crippen LogP contribution >= 0.6 is 0 Å². The van der Waals surface area contributed by atoms with E-state index in [0.717, 1.165) is 30.7 Å². The van der Waals surface area contributed by atoms with Crippen molar-refractivity contribution in [2.45, 2.75) is 55.3 Å². The molecule has 1 unspecified atom stereocenters. The van der Waals surface area contributed by atoms with Gasteiger partial charge in [-0.25, -0.2) is 0 Å². The van der Waals surface area contributed by atoms with Crippen LogP contribution in [0.2, 0.25) is 0 Å². The number of likely N-dealkylation sites (N-methyl/N-ethyl adjacent to an activating group) is 1. The molecule has 1 aromatic carbocycles. The first-order valence-corrected chi connectivity index (χ1v) is 11.5. The number of nitrogens with zero attached hydrogens (tertiary/aromatic N) is 2. The van der Waals surface area contributed by atoms with Crippen LogP contribution in [-0.2, 0) is 21.4 Å². The van der Waals surface area contributed by atoms with Crippen molar-refractivity contribution in [3.8, 4) is 5.75 Å². The number of carbonyl (C=O) groups is 1. The van der Waals surface area contributed by atoms with Crippen molar-refractivity contribution in [3.05, 3.63) is 29.3 Å². The number of aliphatic hydroxyl groups is 2. The quantitative estimate of drug-likeness (QED) is 0.743. The van der Waals surface area contributed by atoms with Gasteiger partial charge in [0.15, 0.2) is 0 Å². The van der Waals surface area contributed by atoms with Crippen molar-refractivity contribution in [2.24, 2.45) is 5.92 Å². The number of carbonyl (C=O) groups excluding carboxylic acids is 1. The van der Waals surface area contributed by atoms with Gasteiger partial charge in [0.2, 0.25) is 5.91 Å². The number of piperidine rings is 1. The van der Waals surface area contributed by atoms with Crippen molar-refractivity contribution < 1.29 is 24.5 Å². The van der Waals surface area contributed by atoms with E-state index in [-0.39, 0.29) is 24.3 Å². The third-order valence-electron chi connectivity index (χ3n) is 8.52. The van der Waals surface area contributed by atoms with Crippen LogP contribution in [0.25, 0.3) is 0 Å². The van der Waals surface area contributed by atoms with Crippen LogP contribution in [0.3, 0.4) is 0 Å². The molecule has 2 aliphatic heterocycles. The molecule has 1 amide bonds. The van der Waals surface area contributed by atoms with Crippen LogP contribution in [0.4, 0.5) is 0 Å². The highest BCUT2D eigenvalue weighted by molar-refractivity contribution is 5.76. The summed E-state index contributed by atoms with van der Waals surface area (Å²) in [5.74, 6) is 0.602. The highest BCUT2D eigenvalue weighted by Gasteiger charge is 2.65. The van der Waals surface area contributed by atoms with Gasteiger partial charge in [0.25, 0.3) is 0 Å². The predicted molar refractivity (Wildman–Crippen MR) is 115 cm³/mol. The minimum Gasteiger partial charge on any atom is -0.497 e. The number of aliphatic hydroxyl groups excluding tert-OH is 1. The number of benzene rings is 1. The molecule has 2 heterocycles. The summed E-state index contributed by atoms with van der Waals surface area (Å²) < 4.78 is 10.9. The Bertz CT molecular complexity index is 856. The number of fused-ring (bicyclic) bond motifs is 1. The molecule has 0 radical (unpaired) electrons. The van der Waals surface area contributed by atoms with Crippen LogP contribution in [0.1, 0.15) is 36.8 Å². The number of hydrogen-bond acceptors (Lipinski definition) is 6. The Morgan fingerprint density at radius 1 is 1.26 bits per heavy atom. The summed E-state index contributed by atoms with van der Waals surface area (Å²) in [6, 6.07) is 6.14. The molecular weight excluding hydrogens is 396 g/mol. The molecule has 1 aromatic rings. The predicted octanol–water partition coefficient (Wildman–Crippen LogP) is 0.944. The lowest BCUT2D eigenvalue weighted by Crippen LogP contribution is -2.74. The molecule has 31 heavy (non-hydrogen) atoms. The molecule has 170 valence electrons. The maximum atomic E-state index is 12.9. The Morgan fingerprint density at radius 2 is 2.03 bits per heavy atom. The van der Waals surface area contributed by atoms with E-state index in [2.05, 4.69) is 24.1 Å². The summed E-state index contributed by atoms with van der Waals surface area (Å²) in [7, 11) is 3.74. The lowest BCUT2D eigenvalue weighted by Gasteiger charge is -2.65. The van der Waals surface area contributed by atoms with Gasteiger partial charge < -0.3 is 29.5 Å². The zero-order chi connectivity index (χ0) is 21.8. The lowest BCUT2D eigenvalue weighted by atomic mass is 9.47. The first-order valence-electron chi connectivity index (χ1n) is 11.5. The fourth-order valence-corrected chi connectivity index (χ4v) is 6.78. The second-order valence-corrected chi connectivity index (χ2v) is 9.91. The Labute approximate surface area is 183 Å². The second-order valence-electron chi connectivity index (χ2n) is 9.91. The minimum atomic E-state index is -0.978. The Hall–Kier alpha value is -1.67. The zero-order valence-electron chi connectivity index (χ0n) is 18.5. The number of morpholine rings is 1. The normalized spacial score (nSPS) is 37.7. The molecule has 5 rings (SSSR count). The number of ether oxygens (including phenoxy) is 2. The van der Waals surface area contributed by atoms with Crippen LogP contribution < -0.4 is 4.74 Å². The maximum absolute atomic E-state index is 12.9. The number of rotatable bonds is 3. The van der Waals surface area contributed by atoms with E-state index in [1.165, 1.54) is 5.56 Å². The standard InChI is InChI=1S/C24H34N2O5/c1-25-6-5-23-15-20(27)17(12-22(28)26-7-9-31-10-8-26)14-24(23,29)21(25)11-16-3-4-18(30-2)13-19(16)23/h3-4,13,17,20-21,27,29H,5-12,14-15H2,1-2H3/t17-,20?,21+,23+,24+/m0/s1. The minimum absolute atomic E-state index is 0.0179. The molecule has 2 bridgehead atoms. The van der Waals surface area contributed by atoms with E-state index >= 15 is 0 Å². The van der Waals surface area contributed by atoms with E-state index in [4.69, 9.17) is 9.47 Å². The first kappa shape index (κ1) is 21.2. The fourth-order valence-electron chi connectivity index (χ4n) is 6.78. The average molecular weight is 431 g/mol. The molecular formula is C24H34N2O5. The van der Waals surface area contributed by atoms with E-state index < -0.39 is 17.1 Å². The van der Waals surface area contributed by atoms with Crippen molar-refractivity contribution in [2.75, 3.05) is 47.0 Å². The Balaban J connectivity index is 1.48. The summed E-state index contributed by atoms with van der Waals surface area (Å²) >= 11 is 0. The molecule has 7 heteroatoms. The summed E-state index contributed by atoms with van der Waals surface area (Å²) in [5, 5.41) is 23.6. The van der Waals surface area contributed by atoms with E-state index in [0.29, 0.717) is 39.1 Å². The fraction of sp³-hybridized carbons (Fsp3) is 0.708. The molecule has 7 nitrogen and oxygen atoms in total. The summed E-state index contributed by atoms with van der Waals surface area (Å²) in [6.45, 7) is 3.23. The van der Waals surface area contributed by atoms with Gasteiger partial charge >= 0.3 is 0 Å². The van der Waals surface area contributed by atoms with E-state index in [1.54, 1.807) is 7.11 Å². The number of amides is 1. The van der Waals surface area contributed by atoms with Crippen LogP contribution in [0.5, 0.6) is 5.75 Å². The smallest absolute Gasteiger partial charge is 0.223 e. The zero-order valence-corrected chi connectivity index (χ0v) is 18.5. The van der Waals surface area contributed by atoms with Gasteiger partial charge in [-0.3, -0.25) is 4.79 Å². The largest absolute Gasteiger partial charge is 0.497 e. The highest BCUT2D eigenvalue weighted by atomic mass is 16.5. The number of likely N-dealkylation sites (tertiary alicyclic amines) is 1. The molecule has 5 atom stereocenters. The Morgan fingerprint density at radius 3 is 2.77 bits per heavy atom. The molecule has 1 saturated carbocycles. The topological polar surface area (TPSA) is 82.5 Å². The van der Waals surface area contributed by atoms with E-state index in [9.17, 15) is 15.0 Å². The van der Waals surface area contributed by atoms with Crippen LogP contribution in [0.15, 0.2) is 18.2 Å². The SMILES string of the molecule is COc1ccc2c(c1)[C@]13CCN(C)[C@H](C2)[C@]1(O)C[C@H](CC(=O)N1CCOCC1)C(O)C3. The van der Waals surface area contributed by atoms with Gasteiger partial charge in [-0.05, 0) is 68.5 Å². The molecule has 2 N–H and O–H groups in total. The van der Waals surface area contributed by atoms with Gasteiger partial charge in [0.05, 0.1) is 32.0 Å². The lowest BCUT2D eigenvalue weighted by molar-refractivity contribution is -0.195. The van der Waals surface area contributed by atoms with Crippen molar-refractivity contribution in [3.63, 3.8) is 0 Å². The number of methoxy groups -OCH3 is 1. The molecule has 0 spiro atoms. The second kappa shape index (κ2) is 7.73. The average Bonchev–Trinajstić information content (AvgIpc) is 2.77. The van der Waals surface area contributed by atoms with Gasteiger partial charge in [-0.1, -0.05) is 6.07 Å². The van der Waals surface area contributed by atoms with E-state index in [1.807, 2.05) is 11.0 Å². The van der Waals surface area contributed by atoms with Gasteiger partial charge in [0, 0.05) is 31.0 Å². The van der Waals surface area contributed by atoms with Gasteiger partial charge in [-0.15, -0.1) is 0 Å². The third kappa shape index (κ3) is 3.20. The van der Waals surface area contributed by atoms with Crippen molar-refractivity contribution in [1.29, 1.82) is 0 Å². The summed E-state index contributed by atoms with van der Waals surface area (Å²) in [6.07, 6.45) is 2.14. The van der Waals surface area contributed by atoms with Gasteiger partial charge in [-0.2, -0.15) is 0 Å². The molecule has 0 aromatic heterocycles. The third-order valence-corrected chi connectivity index (χ3v) is 8.52. The molecule has 3 fully saturated rings. The highest BCUT2D eigenvalue weighted by Crippen LogP contribution is 2.59. The molecule has 2 aliphatic carbocycles. The van der Waals surface area contributed by atoms with Gasteiger partial charge in [0.1, 0.15) is 5.75 Å². The van der Waals surface area contributed by atoms with Crippen molar-refractivity contribution >= 4 is 5.91 Å². The Kier molecular flexibility index (Phi) is 5.28. The van der Waals surface area contributed by atoms with Crippen LogP contribution in [0, 0.1) is 5.92 Å². The molecule has 4 aliphatic rings. The number of hydrogen-bond donors (Lipinski definition) is 2. The monoisotopic (exact) mass is 430 g/mol. The first-order chi connectivity index (χ1) is 14.9. The summed E-state index contributed by atoms with van der Waals surface area (Å²) in [4.78, 5) is 17.0. The summed E-state index contributed by atoms with van der Waals surface area (Å²) in [5.41, 5.74) is 0.867. The van der Waals surface area contributed by atoms with Crippen LogP contribution in [-0.4, -0.2) is 90.7 Å². The van der Waals surface area contributed by atoms with Crippen molar-refractivity contribution in [1.82, 2.24) is 9.80 Å².